The Kier molecular flexibility index (Phi) is 5.53. The monoisotopic (exact) mass is 360 g/mol. The van der Waals surface area contributed by atoms with Crippen molar-refractivity contribution in [2.75, 3.05) is 5.32 Å². The van der Waals surface area contributed by atoms with Gasteiger partial charge in [-0.25, -0.2) is 4.98 Å². The van der Waals surface area contributed by atoms with E-state index in [0.717, 1.165) is 19.4 Å². The normalized spacial score (nSPS) is 16.5. The first-order valence-corrected chi connectivity index (χ1v) is 9.56. The first-order chi connectivity index (χ1) is 12.0. The van der Waals surface area contributed by atoms with Gasteiger partial charge in [0.25, 0.3) is 0 Å². The van der Waals surface area contributed by atoms with E-state index in [1.807, 2.05) is 12.1 Å². The summed E-state index contributed by atoms with van der Waals surface area (Å²) in [7, 11) is 0. The Labute approximate surface area is 151 Å². The minimum atomic E-state index is -0.420. The summed E-state index contributed by atoms with van der Waals surface area (Å²) >= 11 is 1.33. The predicted molar refractivity (Wildman–Crippen MR) is 98.2 cm³/mol. The van der Waals surface area contributed by atoms with Crippen molar-refractivity contribution < 1.29 is 9.59 Å². The third-order valence-corrected chi connectivity index (χ3v) is 5.59. The molecule has 1 aliphatic rings. The van der Waals surface area contributed by atoms with Crippen LogP contribution in [0.2, 0.25) is 0 Å². The molecule has 0 spiro atoms. The lowest BCUT2D eigenvalue weighted by Crippen LogP contribution is -2.33. The van der Waals surface area contributed by atoms with E-state index < -0.39 is 5.91 Å². The summed E-state index contributed by atoms with van der Waals surface area (Å²) in [6.45, 7) is 0.873. The Morgan fingerprint density at radius 2 is 1.96 bits per heavy atom. The fraction of sp³-hybridized carbons (Fsp3) is 0.500. The SMILES string of the molecule is NC(=O)Cc1csc(NC(=O)CC2(Cn3cccc3)CCCCC2)n1. The van der Waals surface area contributed by atoms with Crippen molar-refractivity contribution in [3.8, 4) is 0 Å². The Bertz CT molecular complexity index is 717. The molecule has 1 saturated carbocycles. The third kappa shape index (κ3) is 4.92. The van der Waals surface area contributed by atoms with E-state index in [1.165, 1.54) is 30.6 Å². The molecule has 0 atom stereocenters. The van der Waals surface area contributed by atoms with Crippen LogP contribution in [0.5, 0.6) is 0 Å². The first kappa shape index (κ1) is 17.7. The summed E-state index contributed by atoms with van der Waals surface area (Å²) in [6.07, 6.45) is 10.5. The summed E-state index contributed by atoms with van der Waals surface area (Å²) in [5.74, 6) is -0.426. The highest BCUT2D eigenvalue weighted by Gasteiger charge is 2.34. The number of nitrogens with zero attached hydrogens (tertiary/aromatic N) is 2. The van der Waals surface area contributed by atoms with Gasteiger partial charge in [0.05, 0.1) is 12.1 Å². The maximum Gasteiger partial charge on any atom is 0.226 e. The summed E-state index contributed by atoms with van der Waals surface area (Å²) < 4.78 is 2.17. The van der Waals surface area contributed by atoms with Gasteiger partial charge in [0.1, 0.15) is 0 Å². The molecule has 2 aromatic heterocycles. The van der Waals surface area contributed by atoms with Crippen LogP contribution in [-0.4, -0.2) is 21.4 Å². The van der Waals surface area contributed by atoms with Crippen molar-refractivity contribution in [3.63, 3.8) is 0 Å². The molecule has 0 aliphatic heterocycles. The number of hydrogen-bond acceptors (Lipinski definition) is 4. The summed E-state index contributed by atoms with van der Waals surface area (Å²) in [6, 6.07) is 4.04. The fourth-order valence-electron chi connectivity index (χ4n) is 3.68. The number of nitrogens with two attached hydrogens (primary N) is 1. The predicted octanol–water partition coefficient (Wildman–Crippen LogP) is 2.95. The molecule has 0 bridgehead atoms. The van der Waals surface area contributed by atoms with E-state index in [4.69, 9.17) is 5.73 Å². The van der Waals surface area contributed by atoms with Crippen LogP contribution < -0.4 is 11.1 Å². The number of aromatic nitrogens is 2. The highest BCUT2D eigenvalue weighted by molar-refractivity contribution is 7.13. The lowest BCUT2D eigenvalue weighted by molar-refractivity contribution is -0.119. The van der Waals surface area contributed by atoms with Crippen molar-refractivity contribution in [2.45, 2.75) is 51.5 Å². The van der Waals surface area contributed by atoms with Crippen molar-refractivity contribution in [2.24, 2.45) is 11.1 Å². The quantitative estimate of drug-likeness (QED) is 0.795. The van der Waals surface area contributed by atoms with Gasteiger partial charge in [-0.2, -0.15) is 0 Å². The smallest absolute Gasteiger partial charge is 0.226 e. The van der Waals surface area contributed by atoms with Gasteiger partial charge in [-0.15, -0.1) is 11.3 Å². The molecule has 3 rings (SSSR count). The average Bonchev–Trinajstić information content (AvgIpc) is 3.19. The topological polar surface area (TPSA) is 90.0 Å². The van der Waals surface area contributed by atoms with Crippen LogP contribution in [0.15, 0.2) is 29.9 Å². The van der Waals surface area contributed by atoms with Gasteiger partial charge in [-0.05, 0) is 30.4 Å². The second-order valence-electron chi connectivity index (χ2n) is 6.93. The largest absolute Gasteiger partial charge is 0.369 e. The van der Waals surface area contributed by atoms with Crippen LogP contribution in [0.3, 0.4) is 0 Å². The van der Waals surface area contributed by atoms with E-state index >= 15 is 0 Å². The summed E-state index contributed by atoms with van der Waals surface area (Å²) in [5.41, 5.74) is 5.79. The second kappa shape index (κ2) is 7.82. The molecule has 6 nitrogen and oxygen atoms in total. The molecular weight excluding hydrogens is 336 g/mol. The van der Waals surface area contributed by atoms with Crippen molar-refractivity contribution in [3.05, 3.63) is 35.6 Å². The van der Waals surface area contributed by atoms with Gasteiger partial charge in [-0.3, -0.25) is 9.59 Å². The number of primary amides is 1. The standard InChI is InChI=1S/C18H24N4O2S/c19-15(23)10-14-12-25-17(20-14)21-16(24)11-18(6-2-1-3-7-18)13-22-8-4-5-9-22/h4-5,8-9,12H,1-3,6-7,10-11,13H2,(H2,19,23)(H,20,21,24). The minimum Gasteiger partial charge on any atom is -0.369 e. The van der Waals surface area contributed by atoms with E-state index in [0.29, 0.717) is 17.2 Å². The highest BCUT2D eigenvalue weighted by atomic mass is 32.1. The van der Waals surface area contributed by atoms with E-state index in [2.05, 4.69) is 27.3 Å². The molecule has 0 radical (unpaired) electrons. The molecule has 2 aromatic rings. The van der Waals surface area contributed by atoms with Gasteiger partial charge < -0.3 is 15.6 Å². The van der Waals surface area contributed by atoms with Crippen LogP contribution in [0, 0.1) is 5.41 Å². The molecular formula is C18H24N4O2S. The Hall–Kier alpha value is -2.15. The second-order valence-corrected chi connectivity index (χ2v) is 7.79. The van der Waals surface area contributed by atoms with Crippen LogP contribution >= 0.6 is 11.3 Å². The molecule has 3 N–H and O–H groups in total. The van der Waals surface area contributed by atoms with Crippen molar-refractivity contribution in [1.82, 2.24) is 9.55 Å². The number of amides is 2. The number of nitrogens with one attached hydrogen (secondary N) is 1. The van der Waals surface area contributed by atoms with E-state index in [-0.39, 0.29) is 17.7 Å². The molecule has 2 amide bonds. The van der Waals surface area contributed by atoms with Crippen LogP contribution in [-0.2, 0) is 22.6 Å². The molecule has 0 unspecified atom stereocenters. The molecule has 0 aromatic carbocycles. The zero-order valence-corrected chi connectivity index (χ0v) is 15.1. The maximum atomic E-state index is 12.6. The number of rotatable bonds is 7. The van der Waals surface area contributed by atoms with Crippen molar-refractivity contribution >= 4 is 28.3 Å². The summed E-state index contributed by atoms with van der Waals surface area (Å²) in [4.78, 5) is 27.8. The molecule has 0 saturated heterocycles. The Balaban J connectivity index is 1.63. The lowest BCUT2D eigenvalue weighted by atomic mass is 9.71. The Morgan fingerprint density at radius 1 is 1.24 bits per heavy atom. The van der Waals surface area contributed by atoms with Gasteiger partial charge in [-0.1, -0.05) is 19.3 Å². The van der Waals surface area contributed by atoms with Crippen LogP contribution in [0.4, 0.5) is 5.13 Å². The number of hydrogen-bond donors (Lipinski definition) is 2. The zero-order valence-electron chi connectivity index (χ0n) is 14.2. The number of carbonyl (C=O) groups excluding carboxylic acids is 2. The Morgan fingerprint density at radius 3 is 2.64 bits per heavy atom. The summed E-state index contributed by atoms with van der Waals surface area (Å²) in [5, 5.41) is 5.19. The van der Waals surface area contributed by atoms with Crippen LogP contribution in [0.1, 0.15) is 44.2 Å². The van der Waals surface area contributed by atoms with Crippen LogP contribution in [0.25, 0.3) is 0 Å². The van der Waals surface area contributed by atoms with Gasteiger partial charge in [0, 0.05) is 30.7 Å². The van der Waals surface area contributed by atoms with E-state index in [9.17, 15) is 9.59 Å². The van der Waals surface area contributed by atoms with Gasteiger partial charge >= 0.3 is 0 Å². The first-order valence-electron chi connectivity index (χ1n) is 8.68. The molecule has 2 heterocycles. The molecule has 1 aliphatic carbocycles. The number of carbonyl (C=O) groups is 2. The fourth-order valence-corrected chi connectivity index (χ4v) is 4.41. The zero-order chi connectivity index (χ0) is 17.7. The van der Waals surface area contributed by atoms with E-state index in [1.54, 1.807) is 5.38 Å². The van der Waals surface area contributed by atoms with Crippen molar-refractivity contribution in [1.29, 1.82) is 0 Å². The van der Waals surface area contributed by atoms with Gasteiger partial charge in [0.2, 0.25) is 11.8 Å². The third-order valence-electron chi connectivity index (χ3n) is 4.79. The minimum absolute atomic E-state index is 0.00553. The molecule has 25 heavy (non-hydrogen) atoms. The molecule has 7 heteroatoms. The number of thiazole rings is 1. The molecule has 1 fully saturated rings. The highest BCUT2D eigenvalue weighted by Crippen LogP contribution is 2.41. The average molecular weight is 360 g/mol. The van der Waals surface area contributed by atoms with Gasteiger partial charge in [0.15, 0.2) is 5.13 Å². The molecule has 134 valence electrons. The maximum absolute atomic E-state index is 12.6. The lowest BCUT2D eigenvalue weighted by Gasteiger charge is -2.37. The number of anilines is 1.